The Morgan fingerprint density at radius 2 is 1.86 bits per heavy atom. The Morgan fingerprint density at radius 1 is 1.14 bits per heavy atom. The van der Waals surface area contributed by atoms with E-state index in [-0.39, 0.29) is 0 Å². The zero-order valence-electron chi connectivity index (χ0n) is 13.1. The highest BCUT2D eigenvalue weighted by atomic mass is 16.5. The van der Waals surface area contributed by atoms with Crippen molar-refractivity contribution >= 4 is 5.69 Å². The molecular weight excluding hydrogens is 270 g/mol. The van der Waals surface area contributed by atoms with Crippen molar-refractivity contribution in [1.29, 1.82) is 0 Å². The van der Waals surface area contributed by atoms with Crippen LogP contribution in [0.2, 0.25) is 0 Å². The topological polar surface area (TPSA) is 49.0 Å². The molecule has 1 N–H and O–H groups in total. The third-order valence-corrected chi connectivity index (χ3v) is 3.72. The van der Waals surface area contributed by atoms with E-state index < -0.39 is 0 Å². The van der Waals surface area contributed by atoms with Gasteiger partial charge in [0.25, 0.3) is 0 Å². The number of hydrogen-bond donors (Lipinski definition) is 1. The Balaban J connectivity index is 1.89. The summed E-state index contributed by atoms with van der Waals surface area (Å²) in [5.41, 5.74) is 0.969. The first-order valence-electron chi connectivity index (χ1n) is 7.44. The molecule has 1 aliphatic rings. The molecule has 21 heavy (non-hydrogen) atoms. The molecule has 5 nitrogen and oxygen atoms in total. The minimum absolute atomic E-state index is 0.451. The van der Waals surface area contributed by atoms with E-state index in [2.05, 4.69) is 5.32 Å². The predicted octanol–water partition coefficient (Wildman–Crippen LogP) is 3.08. The van der Waals surface area contributed by atoms with E-state index in [0.29, 0.717) is 23.4 Å². The van der Waals surface area contributed by atoms with Gasteiger partial charge in [0, 0.05) is 31.0 Å². The van der Waals surface area contributed by atoms with Crippen molar-refractivity contribution in [1.82, 2.24) is 0 Å². The Labute approximate surface area is 126 Å². The van der Waals surface area contributed by atoms with Crippen LogP contribution in [0.4, 0.5) is 5.69 Å². The van der Waals surface area contributed by atoms with E-state index in [0.717, 1.165) is 31.7 Å². The molecule has 118 valence electrons. The van der Waals surface area contributed by atoms with Crippen LogP contribution in [-0.4, -0.2) is 40.6 Å². The largest absolute Gasteiger partial charge is 0.493 e. The van der Waals surface area contributed by atoms with Gasteiger partial charge in [0.2, 0.25) is 5.75 Å². The lowest BCUT2D eigenvalue weighted by Gasteiger charge is -2.15. The Morgan fingerprint density at radius 3 is 2.38 bits per heavy atom. The van der Waals surface area contributed by atoms with E-state index in [1.165, 1.54) is 12.8 Å². The van der Waals surface area contributed by atoms with Crippen molar-refractivity contribution in [2.24, 2.45) is 0 Å². The van der Waals surface area contributed by atoms with Crippen LogP contribution < -0.4 is 19.5 Å². The normalized spacial score (nSPS) is 17.6. The molecule has 1 unspecified atom stereocenters. The van der Waals surface area contributed by atoms with Crippen LogP contribution >= 0.6 is 0 Å². The van der Waals surface area contributed by atoms with Gasteiger partial charge in [0.1, 0.15) is 0 Å². The Kier molecular flexibility index (Phi) is 5.99. The van der Waals surface area contributed by atoms with Gasteiger partial charge in [0.05, 0.1) is 27.4 Å². The molecule has 1 fully saturated rings. The first kappa shape index (κ1) is 15.8. The molecule has 0 aromatic heterocycles. The van der Waals surface area contributed by atoms with Gasteiger partial charge in [-0.1, -0.05) is 0 Å². The zero-order valence-corrected chi connectivity index (χ0v) is 13.1. The fourth-order valence-electron chi connectivity index (χ4n) is 2.62. The van der Waals surface area contributed by atoms with Gasteiger partial charge in [-0.05, 0) is 25.7 Å². The molecule has 1 aromatic carbocycles. The summed E-state index contributed by atoms with van der Waals surface area (Å²) in [7, 11) is 4.85. The molecule has 0 aliphatic carbocycles. The van der Waals surface area contributed by atoms with Gasteiger partial charge in [-0.15, -0.1) is 0 Å². The van der Waals surface area contributed by atoms with Crippen LogP contribution in [-0.2, 0) is 4.74 Å². The van der Waals surface area contributed by atoms with E-state index in [4.69, 9.17) is 18.9 Å². The zero-order chi connectivity index (χ0) is 15.1. The third kappa shape index (κ3) is 4.17. The highest BCUT2D eigenvalue weighted by Crippen LogP contribution is 2.39. The molecule has 2 rings (SSSR count). The second-order valence-corrected chi connectivity index (χ2v) is 5.12. The van der Waals surface area contributed by atoms with Gasteiger partial charge in [0.15, 0.2) is 11.5 Å². The van der Waals surface area contributed by atoms with Crippen LogP contribution in [0, 0.1) is 0 Å². The second kappa shape index (κ2) is 7.98. The third-order valence-electron chi connectivity index (χ3n) is 3.72. The second-order valence-electron chi connectivity index (χ2n) is 5.12. The molecule has 0 radical (unpaired) electrons. The summed E-state index contributed by atoms with van der Waals surface area (Å²) in [6, 6.07) is 3.85. The van der Waals surface area contributed by atoms with Gasteiger partial charge in [-0.25, -0.2) is 0 Å². The maximum absolute atomic E-state index is 5.62. The van der Waals surface area contributed by atoms with Crippen molar-refractivity contribution in [3.05, 3.63) is 12.1 Å². The van der Waals surface area contributed by atoms with E-state index in [1.807, 2.05) is 12.1 Å². The molecule has 0 saturated carbocycles. The molecule has 0 spiro atoms. The van der Waals surface area contributed by atoms with E-state index in [1.54, 1.807) is 21.3 Å². The van der Waals surface area contributed by atoms with Crippen LogP contribution in [0.15, 0.2) is 12.1 Å². The van der Waals surface area contributed by atoms with Crippen LogP contribution in [0.25, 0.3) is 0 Å². The Hall–Kier alpha value is -1.62. The predicted molar refractivity (Wildman–Crippen MR) is 82.8 cm³/mol. The summed E-state index contributed by atoms with van der Waals surface area (Å²) in [5.74, 6) is 1.95. The van der Waals surface area contributed by atoms with Gasteiger partial charge >= 0.3 is 0 Å². The number of benzene rings is 1. The fraction of sp³-hybridized carbons (Fsp3) is 0.625. The number of ether oxygens (including phenoxy) is 4. The SMILES string of the molecule is COc1cc(NCCCC2CCCO2)cc(OC)c1OC. The standard InChI is InChI=1S/C16H25NO4/c1-18-14-10-12(11-15(19-2)16(14)20-3)17-8-4-6-13-7-5-9-21-13/h10-11,13,17H,4-9H2,1-3H3. The summed E-state index contributed by atoms with van der Waals surface area (Å²) in [5, 5.41) is 3.40. The highest BCUT2D eigenvalue weighted by molar-refractivity contribution is 5.62. The summed E-state index contributed by atoms with van der Waals surface area (Å²) in [6.07, 6.45) is 5.04. The van der Waals surface area contributed by atoms with Gasteiger partial charge in [-0.2, -0.15) is 0 Å². The molecule has 1 atom stereocenters. The van der Waals surface area contributed by atoms with Crippen molar-refractivity contribution < 1.29 is 18.9 Å². The van der Waals surface area contributed by atoms with E-state index in [9.17, 15) is 0 Å². The number of rotatable bonds is 8. The molecule has 1 heterocycles. The lowest BCUT2D eigenvalue weighted by molar-refractivity contribution is 0.103. The average molecular weight is 295 g/mol. The molecule has 1 aliphatic heterocycles. The van der Waals surface area contributed by atoms with E-state index >= 15 is 0 Å². The van der Waals surface area contributed by atoms with Crippen molar-refractivity contribution in [2.45, 2.75) is 31.8 Å². The number of methoxy groups -OCH3 is 3. The first-order valence-corrected chi connectivity index (χ1v) is 7.44. The summed E-state index contributed by atoms with van der Waals surface area (Å²) in [6.45, 7) is 1.82. The molecule has 1 aromatic rings. The summed E-state index contributed by atoms with van der Waals surface area (Å²) >= 11 is 0. The molecule has 0 bridgehead atoms. The number of nitrogens with one attached hydrogen (secondary N) is 1. The maximum Gasteiger partial charge on any atom is 0.203 e. The van der Waals surface area contributed by atoms with Gasteiger partial charge in [-0.3, -0.25) is 0 Å². The first-order chi connectivity index (χ1) is 10.3. The molecular formula is C16H25NO4. The molecule has 0 amide bonds. The van der Waals surface area contributed by atoms with Crippen molar-refractivity contribution in [2.75, 3.05) is 39.8 Å². The van der Waals surface area contributed by atoms with Crippen LogP contribution in [0.1, 0.15) is 25.7 Å². The van der Waals surface area contributed by atoms with Crippen molar-refractivity contribution in [3.8, 4) is 17.2 Å². The van der Waals surface area contributed by atoms with Gasteiger partial charge < -0.3 is 24.3 Å². The number of anilines is 1. The average Bonchev–Trinajstić information content (AvgIpc) is 3.03. The smallest absolute Gasteiger partial charge is 0.203 e. The minimum atomic E-state index is 0.451. The molecule has 1 saturated heterocycles. The maximum atomic E-state index is 5.62. The lowest BCUT2D eigenvalue weighted by Crippen LogP contribution is -2.09. The fourth-order valence-corrected chi connectivity index (χ4v) is 2.62. The quantitative estimate of drug-likeness (QED) is 0.747. The Bertz CT molecular complexity index is 419. The monoisotopic (exact) mass is 295 g/mol. The summed E-state index contributed by atoms with van der Waals surface area (Å²) in [4.78, 5) is 0. The van der Waals surface area contributed by atoms with Crippen molar-refractivity contribution in [3.63, 3.8) is 0 Å². The molecule has 5 heteroatoms. The minimum Gasteiger partial charge on any atom is -0.493 e. The lowest BCUT2D eigenvalue weighted by atomic mass is 10.1. The van der Waals surface area contributed by atoms with Crippen LogP contribution in [0.5, 0.6) is 17.2 Å². The summed E-state index contributed by atoms with van der Waals surface area (Å²) < 4.78 is 21.6. The highest BCUT2D eigenvalue weighted by Gasteiger charge is 2.15. The van der Waals surface area contributed by atoms with Crippen LogP contribution in [0.3, 0.4) is 0 Å². The number of hydrogen-bond acceptors (Lipinski definition) is 5.